The summed E-state index contributed by atoms with van der Waals surface area (Å²) >= 11 is 0. The molecule has 0 saturated heterocycles. The van der Waals surface area contributed by atoms with Crippen LogP contribution in [0.25, 0.3) is 0 Å². The summed E-state index contributed by atoms with van der Waals surface area (Å²) in [5, 5.41) is 0. The molecule has 0 aromatic heterocycles. The van der Waals surface area contributed by atoms with E-state index in [9.17, 15) is 4.79 Å². The number of aliphatic imine (C=N–C) groups is 1. The van der Waals surface area contributed by atoms with Gasteiger partial charge in [-0.2, -0.15) is 4.99 Å². The van der Waals surface area contributed by atoms with Gasteiger partial charge in [-0.15, -0.1) is 0 Å². The summed E-state index contributed by atoms with van der Waals surface area (Å²) < 4.78 is 0. The molecule has 1 aliphatic carbocycles. The van der Waals surface area contributed by atoms with Crippen molar-refractivity contribution in [3.8, 4) is 0 Å². The Balaban J connectivity index is 2.32. The quantitative estimate of drug-likeness (QED) is 0.563. The second kappa shape index (κ2) is 3.88. The van der Waals surface area contributed by atoms with Crippen molar-refractivity contribution in [2.24, 2.45) is 4.99 Å². The molecule has 1 saturated carbocycles. The Morgan fingerprint density at radius 2 is 1.81 bits per heavy atom. The van der Waals surface area contributed by atoms with Crippen molar-refractivity contribution >= 4 is 6.08 Å². The van der Waals surface area contributed by atoms with Crippen LogP contribution < -0.4 is 0 Å². The molecule has 2 heteroatoms. The summed E-state index contributed by atoms with van der Waals surface area (Å²) in [7, 11) is 0. The Bertz CT molecular complexity index is 443. The van der Waals surface area contributed by atoms with Crippen molar-refractivity contribution in [2.75, 3.05) is 0 Å². The molecule has 0 radical (unpaired) electrons. The van der Waals surface area contributed by atoms with Gasteiger partial charge in [0.25, 0.3) is 0 Å². The van der Waals surface area contributed by atoms with Gasteiger partial charge < -0.3 is 0 Å². The summed E-state index contributed by atoms with van der Waals surface area (Å²) in [6, 6.07) is 4.39. The van der Waals surface area contributed by atoms with Crippen LogP contribution in [0.1, 0.15) is 35.1 Å². The molecule has 0 heterocycles. The summed E-state index contributed by atoms with van der Waals surface area (Å²) in [5.74, 6) is 0. The van der Waals surface area contributed by atoms with Crippen molar-refractivity contribution in [3.63, 3.8) is 0 Å². The van der Waals surface area contributed by atoms with Gasteiger partial charge >= 0.3 is 0 Å². The lowest BCUT2D eigenvalue weighted by Gasteiger charge is -2.14. The van der Waals surface area contributed by atoms with Crippen LogP contribution in [0.4, 0.5) is 0 Å². The number of rotatable bonds is 3. The predicted octanol–water partition coefficient (Wildman–Crippen LogP) is 3.02. The highest BCUT2D eigenvalue weighted by Crippen LogP contribution is 2.43. The maximum absolute atomic E-state index is 10.4. The molecule has 2 nitrogen and oxygen atoms in total. The predicted molar refractivity (Wildman–Crippen MR) is 64.4 cm³/mol. The minimum atomic E-state index is -0.119. The molecule has 0 N–H and O–H groups in total. The molecule has 0 aliphatic heterocycles. The number of aryl methyl sites for hydroxylation is 3. The fourth-order valence-corrected chi connectivity index (χ4v) is 2.39. The van der Waals surface area contributed by atoms with Crippen molar-refractivity contribution in [1.29, 1.82) is 0 Å². The molecule has 2 rings (SSSR count). The zero-order valence-electron chi connectivity index (χ0n) is 10.1. The smallest absolute Gasteiger partial charge is 0.211 e. The molecular formula is C14H17NO. The van der Waals surface area contributed by atoms with Gasteiger partial charge in [-0.1, -0.05) is 17.7 Å². The van der Waals surface area contributed by atoms with Gasteiger partial charge in [-0.25, -0.2) is 4.79 Å². The molecule has 1 fully saturated rings. The topological polar surface area (TPSA) is 29.4 Å². The van der Waals surface area contributed by atoms with Gasteiger partial charge in [0.15, 0.2) is 0 Å². The molecule has 0 amide bonds. The van der Waals surface area contributed by atoms with Gasteiger partial charge in [0.05, 0.1) is 5.54 Å². The third-order valence-corrected chi connectivity index (χ3v) is 3.46. The summed E-state index contributed by atoms with van der Waals surface area (Å²) in [4.78, 5) is 14.3. The minimum absolute atomic E-state index is 0.119. The van der Waals surface area contributed by atoms with Crippen molar-refractivity contribution < 1.29 is 4.79 Å². The van der Waals surface area contributed by atoms with Gasteiger partial charge in [-0.3, -0.25) is 0 Å². The van der Waals surface area contributed by atoms with Crippen LogP contribution in [0.15, 0.2) is 17.1 Å². The largest absolute Gasteiger partial charge is 0.235 e. The third-order valence-electron chi connectivity index (χ3n) is 3.46. The van der Waals surface area contributed by atoms with E-state index in [1.807, 2.05) is 0 Å². The third kappa shape index (κ3) is 2.07. The molecule has 1 aliphatic rings. The monoisotopic (exact) mass is 215 g/mol. The normalized spacial score (nSPS) is 16.7. The van der Waals surface area contributed by atoms with Gasteiger partial charge in [0.1, 0.15) is 0 Å². The van der Waals surface area contributed by atoms with Crippen LogP contribution in [0.2, 0.25) is 0 Å². The van der Waals surface area contributed by atoms with E-state index in [0.717, 1.165) is 19.3 Å². The molecule has 1 aromatic rings. The molecule has 1 aromatic carbocycles. The molecular weight excluding hydrogens is 198 g/mol. The van der Waals surface area contributed by atoms with E-state index in [1.54, 1.807) is 6.08 Å². The zero-order valence-corrected chi connectivity index (χ0v) is 10.1. The first kappa shape index (κ1) is 11.1. The lowest BCUT2D eigenvalue weighted by atomic mass is 9.93. The number of isocyanates is 1. The Kier molecular flexibility index (Phi) is 2.69. The second-order valence-corrected chi connectivity index (χ2v) is 4.98. The Morgan fingerprint density at radius 3 is 2.25 bits per heavy atom. The van der Waals surface area contributed by atoms with E-state index < -0.39 is 0 Å². The standard InChI is InChI=1S/C14H17NO/c1-10-6-11(2)13(12(3)7-10)8-14(4-5-14)15-9-16/h6-7H,4-5,8H2,1-3H3. The lowest BCUT2D eigenvalue weighted by Crippen LogP contribution is -2.11. The van der Waals surface area contributed by atoms with Crippen molar-refractivity contribution in [1.82, 2.24) is 0 Å². The second-order valence-electron chi connectivity index (χ2n) is 4.98. The Hall–Kier alpha value is -1.40. The maximum atomic E-state index is 10.4. The zero-order chi connectivity index (χ0) is 11.8. The molecule has 84 valence electrons. The molecule has 0 bridgehead atoms. The number of hydrogen-bond donors (Lipinski definition) is 0. The SMILES string of the molecule is Cc1cc(C)c(CC2(N=C=O)CC2)c(C)c1. The highest BCUT2D eigenvalue weighted by Gasteiger charge is 2.43. The minimum Gasteiger partial charge on any atom is -0.211 e. The first-order valence-electron chi connectivity index (χ1n) is 5.72. The molecule has 0 unspecified atom stereocenters. The first-order valence-corrected chi connectivity index (χ1v) is 5.72. The summed E-state index contributed by atoms with van der Waals surface area (Å²) in [5.41, 5.74) is 5.14. The van der Waals surface area contributed by atoms with Crippen molar-refractivity contribution in [2.45, 2.75) is 45.6 Å². The Morgan fingerprint density at radius 1 is 1.25 bits per heavy atom. The Labute approximate surface area is 96.4 Å². The molecule has 16 heavy (non-hydrogen) atoms. The molecule has 0 atom stereocenters. The average Bonchev–Trinajstić information content (AvgIpc) is 2.93. The van der Waals surface area contributed by atoms with Crippen LogP contribution in [0.3, 0.4) is 0 Å². The van der Waals surface area contributed by atoms with Gasteiger partial charge in [-0.05, 0) is 56.7 Å². The van der Waals surface area contributed by atoms with E-state index in [1.165, 1.54) is 22.3 Å². The van der Waals surface area contributed by atoms with Crippen molar-refractivity contribution in [3.05, 3.63) is 34.4 Å². The highest BCUT2D eigenvalue weighted by atomic mass is 16.1. The van der Waals surface area contributed by atoms with E-state index >= 15 is 0 Å². The summed E-state index contributed by atoms with van der Waals surface area (Å²) in [6.07, 6.45) is 4.65. The first-order chi connectivity index (χ1) is 7.56. The van der Waals surface area contributed by atoms with Crippen LogP contribution in [-0.2, 0) is 11.2 Å². The summed E-state index contributed by atoms with van der Waals surface area (Å²) in [6.45, 7) is 6.38. The van der Waals surface area contributed by atoms with E-state index in [2.05, 4.69) is 37.9 Å². The van der Waals surface area contributed by atoms with E-state index in [4.69, 9.17) is 0 Å². The number of hydrogen-bond acceptors (Lipinski definition) is 2. The average molecular weight is 215 g/mol. The maximum Gasteiger partial charge on any atom is 0.235 e. The van der Waals surface area contributed by atoms with Gasteiger partial charge in [0, 0.05) is 0 Å². The van der Waals surface area contributed by atoms with E-state index in [0.29, 0.717) is 0 Å². The highest BCUT2D eigenvalue weighted by molar-refractivity contribution is 5.42. The van der Waals surface area contributed by atoms with Gasteiger partial charge in [0.2, 0.25) is 6.08 Å². The lowest BCUT2D eigenvalue weighted by molar-refractivity contribution is 0.553. The van der Waals surface area contributed by atoms with Crippen LogP contribution >= 0.6 is 0 Å². The fourth-order valence-electron chi connectivity index (χ4n) is 2.39. The fraction of sp³-hybridized carbons (Fsp3) is 0.500. The number of nitrogens with zero attached hydrogens (tertiary/aromatic N) is 1. The van der Waals surface area contributed by atoms with Crippen LogP contribution in [0, 0.1) is 20.8 Å². The van der Waals surface area contributed by atoms with Crippen LogP contribution in [-0.4, -0.2) is 11.6 Å². The number of benzene rings is 1. The number of carbonyl (C=O) groups excluding carboxylic acids is 1. The molecule has 0 spiro atoms. The van der Waals surface area contributed by atoms with E-state index in [-0.39, 0.29) is 5.54 Å². The van der Waals surface area contributed by atoms with Crippen LogP contribution in [0.5, 0.6) is 0 Å².